The van der Waals surface area contributed by atoms with E-state index in [4.69, 9.17) is 5.84 Å². The molecule has 16 heavy (non-hydrogen) atoms. The number of nitrogens with zero attached hydrogens (tertiary/aromatic N) is 2. The van der Waals surface area contributed by atoms with Gasteiger partial charge in [0.15, 0.2) is 5.69 Å². The number of thioether (sulfide) groups is 1. The zero-order valence-corrected chi connectivity index (χ0v) is 10.2. The molecule has 0 atom stereocenters. The Morgan fingerprint density at radius 3 is 2.50 bits per heavy atom. The van der Waals surface area contributed by atoms with Crippen LogP contribution < -0.4 is 10.5 Å². The van der Waals surface area contributed by atoms with E-state index in [0.717, 1.165) is 16.4 Å². The summed E-state index contributed by atoms with van der Waals surface area (Å²) in [5.74, 6) is 5.74. The Hall–Kier alpha value is -1.55. The molecule has 0 saturated heterocycles. The van der Waals surface area contributed by atoms with Crippen molar-refractivity contribution >= 4 is 11.8 Å². The molecule has 4 heteroatoms. The third-order valence-corrected chi connectivity index (χ3v) is 3.03. The first-order chi connectivity index (χ1) is 7.70. The number of nitrogen functional groups attached to an aromatic ring is 1. The summed E-state index contributed by atoms with van der Waals surface area (Å²) < 4.78 is 1.53. The average molecular weight is 232 g/mol. The first kappa shape index (κ1) is 11.0. The minimum Gasteiger partial charge on any atom is -0.268 e. The van der Waals surface area contributed by atoms with Gasteiger partial charge in [-0.15, -0.1) is 4.68 Å². The van der Waals surface area contributed by atoms with Gasteiger partial charge in [-0.25, -0.2) is 0 Å². The van der Waals surface area contributed by atoms with Crippen LogP contribution in [0.4, 0.5) is 0 Å². The normalized spacial score (nSPS) is 10.4. The van der Waals surface area contributed by atoms with Crippen molar-refractivity contribution in [2.24, 2.45) is 0 Å². The second-order valence-corrected chi connectivity index (χ2v) is 4.35. The van der Waals surface area contributed by atoms with Crippen molar-refractivity contribution in [2.75, 3.05) is 12.1 Å². The van der Waals surface area contributed by atoms with E-state index >= 15 is 0 Å². The lowest BCUT2D eigenvalue weighted by molar-refractivity contribution is -0.682. The van der Waals surface area contributed by atoms with Gasteiger partial charge in [0.2, 0.25) is 0 Å². The molecule has 0 aliphatic heterocycles. The second-order valence-electron chi connectivity index (χ2n) is 3.57. The number of benzene rings is 1. The molecule has 2 aromatic rings. The van der Waals surface area contributed by atoms with Crippen LogP contribution in [0.5, 0.6) is 0 Å². The molecule has 0 radical (unpaired) electrons. The second kappa shape index (κ2) is 4.53. The van der Waals surface area contributed by atoms with Crippen molar-refractivity contribution in [1.29, 1.82) is 0 Å². The first-order valence-electron chi connectivity index (χ1n) is 4.99. The fraction of sp³-hybridized carbons (Fsp3) is 0.167. The van der Waals surface area contributed by atoms with E-state index in [9.17, 15) is 0 Å². The molecule has 0 spiro atoms. The molecule has 0 amide bonds. The van der Waals surface area contributed by atoms with Crippen LogP contribution in [0, 0.1) is 6.92 Å². The molecular weight excluding hydrogens is 218 g/mol. The Balaban J connectivity index is 2.44. The van der Waals surface area contributed by atoms with E-state index in [0.29, 0.717) is 0 Å². The van der Waals surface area contributed by atoms with E-state index in [1.807, 2.05) is 18.5 Å². The van der Waals surface area contributed by atoms with Crippen molar-refractivity contribution in [3.63, 3.8) is 0 Å². The van der Waals surface area contributed by atoms with E-state index in [-0.39, 0.29) is 0 Å². The van der Waals surface area contributed by atoms with Gasteiger partial charge in [0.1, 0.15) is 6.20 Å². The van der Waals surface area contributed by atoms with Gasteiger partial charge < -0.3 is 0 Å². The fourth-order valence-corrected chi connectivity index (χ4v) is 1.91. The van der Waals surface area contributed by atoms with Crippen LogP contribution in [0.2, 0.25) is 0 Å². The maximum absolute atomic E-state index is 5.74. The maximum atomic E-state index is 5.74. The molecule has 0 saturated carbocycles. The predicted octanol–water partition coefficient (Wildman–Crippen LogP) is 1.78. The standard InChI is InChI=1S/C12H14N3S/c1-9-3-5-10(6-4-9)11-7-8-15(13)12(14-11)16-2/h3-8H,13H2,1-2H3/q+1. The Labute approximate surface area is 99.3 Å². The van der Waals surface area contributed by atoms with E-state index in [1.54, 1.807) is 0 Å². The Morgan fingerprint density at radius 1 is 1.19 bits per heavy atom. The zero-order chi connectivity index (χ0) is 11.5. The third kappa shape index (κ3) is 2.17. The molecule has 0 bridgehead atoms. The lowest BCUT2D eigenvalue weighted by Gasteiger charge is -1.99. The van der Waals surface area contributed by atoms with Gasteiger partial charge >= 0.3 is 5.16 Å². The van der Waals surface area contributed by atoms with Gasteiger partial charge in [0.05, 0.1) is 0 Å². The quantitative estimate of drug-likeness (QED) is 0.371. The van der Waals surface area contributed by atoms with Crippen molar-refractivity contribution in [3.8, 4) is 11.3 Å². The highest BCUT2D eigenvalue weighted by molar-refractivity contribution is 7.98. The van der Waals surface area contributed by atoms with Gasteiger partial charge in [0.25, 0.3) is 0 Å². The highest BCUT2D eigenvalue weighted by atomic mass is 32.2. The summed E-state index contributed by atoms with van der Waals surface area (Å²) in [6, 6.07) is 10.2. The molecule has 2 N–H and O–H groups in total. The van der Waals surface area contributed by atoms with Crippen LogP contribution in [0.1, 0.15) is 5.56 Å². The molecular formula is C12H14N3S+. The van der Waals surface area contributed by atoms with Gasteiger partial charge in [-0.3, -0.25) is 5.84 Å². The van der Waals surface area contributed by atoms with Gasteiger partial charge in [-0.1, -0.05) is 29.8 Å². The molecule has 82 valence electrons. The number of rotatable bonds is 2. The molecule has 2 rings (SSSR count). The van der Waals surface area contributed by atoms with Gasteiger partial charge in [-0.2, -0.15) is 0 Å². The molecule has 1 aromatic heterocycles. The summed E-state index contributed by atoms with van der Waals surface area (Å²) in [5.41, 5.74) is 3.31. The van der Waals surface area contributed by atoms with Gasteiger partial charge in [0, 0.05) is 11.6 Å². The Bertz CT molecular complexity index is 494. The highest BCUT2D eigenvalue weighted by Gasteiger charge is 2.12. The number of aryl methyl sites for hydroxylation is 1. The minimum atomic E-state index is 0.804. The monoisotopic (exact) mass is 232 g/mol. The molecule has 0 fully saturated rings. The fourth-order valence-electron chi connectivity index (χ4n) is 1.45. The van der Waals surface area contributed by atoms with Crippen LogP contribution in [0.25, 0.3) is 11.3 Å². The molecule has 3 nitrogen and oxygen atoms in total. The smallest absolute Gasteiger partial charge is 0.268 e. The van der Waals surface area contributed by atoms with Crippen LogP contribution in [0.3, 0.4) is 0 Å². The third-order valence-electron chi connectivity index (χ3n) is 2.36. The summed E-state index contributed by atoms with van der Waals surface area (Å²) in [6.45, 7) is 2.07. The van der Waals surface area contributed by atoms with E-state index < -0.39 is 0 Å². The number of hydrogen-bond acceptors (Lipinski definition) is 3. The van der Waals surface area contributed by atoms with Gasteiger partial charge in [-0.05, 0) is 29.9 Å². The molecule has 0 aliphatic carbocycles. The lowest BCUT2D eigenvalue weighted by atomic mass is 10.1. The lowest BCUT2D eigenvalue weighted by Crippen LogP contribution is -2.46. The molecule has 1 aromatic carbocycles. The Morgan fingerprint density at radius 2 is 1.88 bits per heavy atom. The predicted molar refractivity (Wildman–Crippen MR) is 66.5 cm³/mol. The van der Waals surface area contributed by atoms with Crippen molar-refractivity contribution < 1.29 is 4.68 Å². The SMILES string of the molecule is CSc1nc(-c2ccc(C)cc2)cc[n+]1N. The van der Waals surface area contributed by atoms with Crippen LogP contribution >= 0.6 is 11.8 Å². The highest BCUT2D eigenvalue weighted by Crippen LogP contribution is 2.18. The maximum Gasteiger partial charge on any atom is 0.382 e. The van der Waals surface area contributed by atoms with Crippen LogP contribution in [-0.2, 0) is 0 Å². The summed E-state index contributed by atoms with van der Waals surface area (Å²) in [5, 5.41) is 0.804. The molecule has 0 aliphatic rings. The summed E-state index contributed by atoms with van der Waals surface area (Å²) in [6.07, 6.45) is 3.79. The van der Waals surface area contributed by atoms with Crippen molar-refractivity contribution in [1.82, 2.24) is 4.98 Å². The summed E-state index contributed by atoms with van der Waals surface area (Å²) in [4.78, 5) is 4.49. The van der Waals surface area contributed by atoms with Crippen LogP contribution in [-0.4, -0.2) is 11.2 Å². The number of hydrogen-bond donors (Lipinski definition) is 1. The number of aromatic nitrogens is 2. The number of nitrogens with two attached hydrogens (primary N) is 1. The minimum absolute atomic E-state index is 0.804. The largest absolute Gasteiger partial charge is 0.382 e. The van der Waals surface area contributed by atoms with Crippen molar-refractivity contribution in [3.05, 3.63) is 42.1 Å². The molecule has 1 heterocycles. The van der Waals surface area contributed by atoms with E-state index in [2.05, 4.69) is 36.2 Å². The first-order valence-corrected chi connectivity index (χ1v) is 6.22. The van der Waals surface area contributed by atoms with Crippen molar-refractivity contribution in [2.45, 2.75) is 12.1 Å². The summed E-state index contributed by atoms with van der Waals surface area (Å²) in [7, 11) is 0. The van der Waals surface area contributed by atoms with Crippen LogP contribution in [0.15, 0.2) is 41.7 Å². The summed E-state index contributed by atoms with van der Waals surface area (Å²) >= 11 is 1.53. The topological polar surface area (TPSA) is 42.8 Å². The zero-order valence-electron chi connectivity index (χ0n) is 9.34. The average Bonchev–Trinajstić information content (AvgIpc) is 2.31. The van der Waals surface area contributed by atoms with E-state index in [1.165, 1.54) is 22.0 Å². The Kier molecular flexibility index (Phi) is 3.10. The molecule has 0 unspecified atom stereocenters.